The highest BCUT2D eigenvalue weighted by atomic mass is 16.1. The maximum atomic E-state index is 12.4. The van der Waals surface area contributed by atoms with Gasteiger partial charge in [0.1, 0.15) is 0 Å². The van der Waals surface area contributed by atoms with Gasteiger partial charge in [0, 0.05) is 28.4 Å². The Hall–Kier alpha value is -2.55. The van der Waals surface area contributed by atoms with E-state index in [1.807, 2.05) is 42.6 Å². The number of carbonyl (C=O) groups is 1. The standard InChI is InChI=1S/C18H18N2O/c1-2-4-13-7-9-14(10-8-13)20-18(21)16-5-3-6-17-15(16)11-12-19-17/h3,5-12,19H,2,4H2,1H3,(H,20,21). The Morgan fingerprint density at radius 2 is 1.90 bits per heavy atom. The number of aromatic nitrogens is 1. The number of aryl methyl sites for hydroxylation is 1. The topological polar surface area (TPSA) is 44.9 Å². The summed E-state index contributed by atoms with van der Waals surface area (Å²) < 4.78 is 0. The molecule has 0 radical (unpaired) electrons. The summed E-state index contributed by atoms with van der Waals surface area (Å²) in [4.78, 5) is 15.5. The first kappa shape index (κ1) is 13.4. The van der Waals surface area contributed by atoms with Crippen molar-refractivity contribution in [1.82, 2.24) is 4.98 Å². The van der Waals surface area contributed by atoms with Gasteiger partial charge in [-0.25, -0.2) is 0 Å². The molecule has 1 amide bonds. The summed E-state index contributed by atoms with van der Waals surface area (Å²) in [5, 5.41) is 3.90. The van der Waals surface area contributed by atoms with Crippen LogP contribution in [0.2, 0.25) is 0 Å². The lowest BCUT2D eigenvalue weighted by Crippen LogP contribution is -2.12. The summed E-state index contributed by atoms with van der Waals surface area (Å²) >= 11 is 0. The molecule has 0 bridgehead atoms. The first-order valence-electron chi connectivity index (χ1n) is 7.24. The third-order valence-corrected chi connectivity index (χ3v) is 3.59. The van der Waals surface area contributed by atoms with Crippen molar-refractivity contribution in [3.63, 3.8) is 0 Å². The molecule has 0 fully saturated rings. The van der Waals surface area contributed by atoms with E-state index in [0.717, 1.165) is 29.4 Å². The monoisotopic (exact) mass is 278 g/mol. The molecule has 2 N–H and O–H groups in total. The number of hydrogen-bond donors (Lipinski definition) is 2. The number of nitrogens with one attached hydrogen (secondary N) is 2. The van der Waals surface area contributed by atoms with E-state index in [9.17, 15) is 4.79 Å². The van der Waals surface area contributed by atoms with Gasteiger partial charge in [-0.2, -0.15) is 0 Å². The average Bonchev–Trinajstić information content (AvgIpc) is 2.98. The number of H-pyrrole nitrogens is 1. The minimum atomic E-state index is -0.0801. The molecule has 0 aliphatic carbocycles. The number of anilines is 1. The van der Waals surface area contributed by atoms with Crippen molar-refractivity contribution < 1.29 is 4.79 Å². The maximum absolute atomic E-state index is 12.4. The molecule has 3 rings (SSSR count). The number of benzene rings is 2. The number of carbonyl (C=O) groups excluding carboxylic acids is 1. The number of hydrogen-bond acceptors (Lipinski definition) is 1. The predicted octanol–water partition coefficient (Wildman–Crippen LogP) is 4.37. The van der Waals surface area contributed by atoms with E-state index in [0.29, 0.717) is 5.56 Å². The Kier molecular flexibility index (Phi) is 3.73. The molecule has 1 heterocycles. The maximum Gasteiger partial charge on any atom is 0.256 e. The molecule has 3 nitrogen and oxygen atoms in total. The van der Waals surface area contributed by atoms with Gasteiger partial charge in [0.05, 0.1) is 0 Å². The van der Waals surface area contributed by atoms with Crippen LogP contribution in [0.25, 0.3) is 10.9 Å². The zero-order valence-electron chi connectivity index (χ0n) is 12.0. The van der Waals surface area contributed by atoms with E-state index < -0.39 is 0 Å². The molecule has 0 aliphatic rings. The SMILES string of the molecule is CCCc1ccc(NC(=O)c2cccc3[nH]ccc23)cc1. The van der Waals surface area contributed by atoms with E-state index in [2.05, 4.69) is 29.4 Å². The Morgan fingerprint density at radius 3 is 2.67 bits per heavy atom. The zero-order valence-corrected chi connectivity index (χ0v) is 12.0. The molecule has 0 unspecified atom stereocenters. The summed E-state index contributed by atoms with van der Waals surface area (Å²) in [6.07, 6.45) is 4.04. The highest BCUT2D eigenvalue weighted by Gasteiger charge is 2.10. The summed E-state index contributed by atoms with van der Waals surface area (Å²) in [6.45, 7) is 2.16. The van der Waals surface area contributed by atoms with Crippen molar-refractivity contribution in [2.45, 2.75) is 19.8 Å². The smallest absolute Gasteiger partial charge is 0.256 e. The molecule has 3 aromatic rings. The largest absolute Gasteiger partial charge is 0.361 e. The van der Waals surface area contributed by atoms with E-state index in [1.54, 1.807) is 0 Å². The van der Waals surface area contributed by atoms with Gasteiger partial charge in [0.15, 0.2) is 0 Å². The van der Waals surface area contributed by atoms with Crippen LogP contribution in [0.4, 0.5) is 5.69 Å². The van der Waals surface area contributed by atoms with Gasteiger partial charge >= 0.3 is 0 Å². The lowest BCUT2D eigenvalue weighted by atomic mass is 10.1. The normalized spacial score (nSPS) is 10.7. The molecule has 0 saturated heterocycles. The van der Waals surface area contributed by atoms with Crippen LogP contribution in [0.5, 0.6) is 0 Å². The van der Waals surface area contributed by atoms with Crippen molar-refractivity contribution in [2.24, 2.45) is 0 Å². The lowest BCUT2D eigenvalue weighted by molar-refractivity contribution is 0.102. The van der Waals surface area contributed by atoms with Crippen molar-refractivity contribution >= 4 is 22.5 Å². The van der Waals surface area contributed by atoms with Gasteiger partial charge in [-0.15, -0.1) is 0 Å². The molecule has 2 aromatic carbocycles. The van der Waals surface area contributed by atoms with Crippen LogP contribution in [0.15, 0.2) is 54.7 Å². The van der Waals surface area contributed by atoms with Crippen LogP contribution < -0.4 is 5.32 Å². The predicted molar refractivity (Wildman–Crippen MR) is 86.7 cm³/mol. The lowest BCUT2D eigenvalue weighted by Gasteiger charge is -2.07. The molecule has 0 atom stereocenters. The van der Waals surface area contributed by atoms with E-state index in [4.69, 9.17) is 0 Å². The molecule has 0 saturated carbocycles. The highest BCUT2D eigenvalue weighted by Crippen LogP contribution is 2.19. The fraction of sp³-hybridized carbons (Fsp3) is 0.167. The van der Waals surface area contributed by atoms with Crippen LogP contribution in [0, 0.1) is 0 Å². The third kappa shape index (κ3) is 2.82. The van der Waals surface area contributed by atoms with Crippen molar-refractivity contribution in [3.8, 4) is 0 Å². The van der Waals surface area contributed by atoms with Crippen LogP contribution in [0.3, 0.4) is 0 Å². The molecule has 106 valence electrons. The van der Waals surface area contributed by atoms with E-state index in [-0.39, 0.29) is 5.91 Å². The summed E-state index contributed by atoms with van der Waals surface area (Å²) in [7, 11) is 0. The number of aromatic amines is 1. The van der Waals surface area contributed by atoms with Gasteiger partial charge in [-0.1, -0.05) is 31.5 Å². The van der Waals surface area contributed by atoms with Gasteiger partial charge in [0.25, 0.3) is 5.91 Å². The molecular formula is C18H18N2O. The highest BCUT2D eigenvalue weighted by molar-refractivity contribution is 6.12. The van der Waals surface area contributed by atoms with E-state index in [1.165, 1.54) is 5.56 Å². The number of rotatable bonds is 4. The third-order valence-electron chi connectivity index (χ3n) is 3.59. The minimum absolute atomic E-state index is 0.0801. The Bertz CT molecular complexity index is 756. The van der Waals surface area contributed by atoms with Gasteiger partial charge < -0.3 is 10.3 Å². The summed E-state index contributed by atoms with van der Waals surface area (Å²) in [6, 6.07) is 15.7. The quantitative estimate of drug-likeness (QED) is 0.731. The van der Waals surface area contributed by atoms with Gasteiger partial charge in [-0.05, 0) is 42.3 Å². The second-order valence-corrected chi connectivity index (χ2v) is 5.15. The minimum Gasteiger partial charge on any atom is -0.361 e. The Labute approximate surface area is 124 Å². The Balaban J connectivity index is 1.81. The van der Waals surface area contributed by atoms with Crippen molar-refractivity contribution in [3.05, 3.63) is 65.9 Å². The molecule has 1 aromatic heterocycles. The van der Waals surface area contributed by atoms with Gasteiger partial charge in [-0.3, -0.25) is 4.79 Å². The molecule has 21 heavy (non-hydrogen) atoms. The van der Waals surface area contributed by atoms with Crippen LogP contribution in [-0.4, -0.2) is 10.9 Å². The van der Waals surface area contributed by atoms with Crippen LogP contribution in [-0.2, 0) is 6.42 Å². The molecule has 0 aliphatic heterocycles. The van der Waals surface area contributed by atoms with Crippen LogP contribution in [0.1, 0.15) is 29.3 Å². The fourth-order valence-corrected chi connectivity index (χ4v) is 2.53. The first-order valence-corrected chi connectivity index (χ1v) is 7.24. The fourth-order valence-electron chi connectivity index (χ4n) is 2.53. The van der Waals surface area contributed by atoms with Gasteiger partial charge in [0.2, 0.25) is 0 Å². The second kappa shape index (κ2) is 5.83. The molecule has 0 spiro atoms. The summed E-state index contributed by atoms with van der Waals surface area (Å²) in [5.74, 6) is -0.0801. The Morgan fingerprint density at radius 1 is 1.10 bits per heavy atom. The first-order chi connectivity index (χ1) is 10.3. The summed E-state index contributed by atoms with van der Waals surface area (Å²) in [5.41, 5.74) is 3.78. The van der Waals surface area contributed by atoms with Crippen molar-refractivity contribution in [2.75, 3.05) is 5.32 Å². The van der Waals surface area contributed by atoms with Crippen LogP contribution >= 0.6 is 0 Å². The van der Waals surface area contributed by atoms with E-state index >= 15 is 0 Å². The average molecular weight is 278 g/mol. The second-order valence-electron chi connectivity index (χ2n) is 5.15. The number of amides is 1. The van der Waals surface area contributed by atoms with Crippen molar-refractivity contribution in [1.29, 1.82) is 0 Å². The number of fused-ring (bicyclic) bond motifs is 1. The molecule has 3 heteroatoms. The zero-order chi connectivity index (χ0) is 14.7. The molecular weight excluding hydrogens is 260 g/mol.